The van der Waals surface area contributed by atoms with Gasteiger partial charge in [0.2, 0.25) is 0 Å². The van der Waals surface area contributed by atoms with Crippen LogP contribution in [-0.4, -0.2) is 27.8 Å². The Balaban J connectivity index is 1.92. The van der Waals surface area contributed by atoms with Gasteiger partial charge in [-0.05, 0) is 30.7 Å². The van der Waals surface area contributed by atoms with E-state index in [0.717, 1.165) is 0 Å². The number of amides is 2. The fraction of sp³-hybridized carbons (Fsp3) is 0.0667. The van der Waals surface area contributed by atoms with Crippen LogP contribution >= 0.6 is 0 Å². The molecule has 7 nitrogen and oxygen atoms in total. The lowest BCUT2D eigenvalue weighted by atomic mass is 10.1. The molecule has 1 aliphatic rings. The third-order valence-corrected chi connectivity index (χ3v) is 3.30. The van der Waals surface area contributed by atoms with Crippen molar-refractivity contribution < 1.29 is 19.2 Å². The third-order valence-electron chi connectivity index (χ3n) is 3.30. The van der Waals surface area contributed by atoms with Gasteiger partial charge in [0.1, 0.15) is 5.56 Å². The van der Waals surface area contributed by atoms with Crippen molar-refractivity contribution in [3.05, 3.63) is 69.1 Å². The SMILES string of the molecule is Cc1cc[nH]c(=O)c1C(=O)ON1C(=O)c2ccccc2C1=O. The van der Waals surface area contributed by atoms with Gasteiger partial charge < -0.3 is 9.82 Å². The van der Waals surface area contributed by atoms with Gasteiger partial charge in [0.25, 0.3) is 17.4 Å². The summed E-state index contributed by atoms with van der Waals surface area (Å²) in [5.74, 6) is -2.54. The number of hydrogen-bond donors (Lipinski definition) is 1. The van der Waals surface area contributed by atoms with Crippen molar-refractivity contribution >= 4 is 17.8 Å². The molecule has 0 saturated carbocycles. The predicted octanol–water partition coefficient (Wildman–Crippen LogP) is 1.05. The van der Waals surface area contributed by atoms with Gasteiger partial charge in [0.15, 0.2) is 0 Å². The van der Waals surface area contributed by atoms with E-state index < -0.39 is 23.3 Å². The van der Waals surface area contributed by atoms with Crippen LogP contribution in [0, 0.1) is 6.92 Å². The molecular formula is C15H10N2O5. The Hall–Kier alpha value is -3.22. The molecule has 2 amide bonds. The molecule has 110 valence electrons. The molecule has 2 heterocycles. The van der Waals surface area contributed by atoms with Gasteiger partial charge in [0.05, 0.1) is 11.1 Å². The lowest BCUT2D eigenvalue weighted by Crippen LogP contribution is -2.34. The number of hydroxylamine groups is 2. The summed E-state index contributed by atoms with van der Waals surface area (Å²) in [7, 11) is 0. The fourth-order valence-corrected chi connectivity index (χ4v) is 2.21. The highest BCUT2D eigenvalue weighted by Crippen LogP contribution is 2.23. The number of pyridine rings is 1. The maximum Gasteiger partial charge on any atom is 0.369 e. The molecular weight excluding hydrogens is 288 g/mol. The van der Waals surface area contributed by atoms with Crippen LogP contribution in [0.3, 0.4) is 0 Å². The number of nitrogens with one attached hydrogen (secondary N) is 1. The van der Waals surface area contributed by atoms with Crippen molar-refractivity contribution in [3.63, 3.8) is 0 Å². The fourth-order valence-electron chi connectivity index (χ4n) is 2.21. The topological polar surface area (TPSA) is 96.5 Å². The Morgan fingerprint density at radius 3 is 2.18 bits per heavy atom. The standard InChI is InChI=1S/C15H10N2O5/c1-8-6-7-16-12(18)11(8)15(21)22-17-13(19)9-4-2-3-5-10(9)14(17)20/h2-7H,1H3,(H,16,18). The van der Waals surface area contributed by atoms with Gasteiger partial charge in [0, 0.05) is 6.20 Å². The molecule has 0 spiro atoms. The molecule has 0 aliphatic carbocycles. The zero-order valence-electron chi connectivity index (χ0n) is 11.5. The summed E-state index contributed by atoms with van der Waals surface area (Å²) < 4.78 is 0. The summed E-state index contributed by atoms with van der Waals surface area (Å²) in [4.78, 5) is 55.1. The third kappa shape index (κ3) is 1.99. The van der Waals surface area contributed by atoms with E-state index in [1.807, 2.05) is 0 Å². The molecule has 0 bridgehead atoms. The van der Waals surface area contributed by atoms with Gasteiger partial charge >= 0.3 is 5.97 Å². The molecule has 0 atom stereocenters. The molecule has 0 saturated heterocycles. The number of benzene rings is 1. The highest BCUT2D eigenvalue weighted by molar-refractivity contribution is 6.21. The van der Waals surface area contributed by atoms with E-state index >= 15 is 0 Å². The van der Waals surface area contributed by atoms with Crippen molar-refractivity contribution in [1.29, 1.82) is 0 Å². The van der Waals surface area contributed by atoms with Gasteiger partial charge in [-0.25, -0.2) is 4.79 Å². The van der Waals surface area contributed by atoms with Crippen LogP contribution in [0.2, 0.25) is 0 Å². The summed E-state index contributed by atoms with van der Waals surface area (Å²) >= 11 is 0. The Morgan fingerprint density at radius 2 is 1.64 bits per heavy atom. The number of rotatable bonds is 2. The lowest BCUT2D eigenvalue weighted by Gasteiger charge is -2.13. The number of carbonyl (C=O) groups is 3. The van der Waals surface area contributed by atoms with E-state index in [1.54, 1.807) is 19.1 Å². The molecule has 1 aromatic heterocycles. The van der Waals surface area contributed by atoms with E-state index in [4.69, 9.17) is 4.84 Å². The second kappa shape index (κ2) is 4.96. The van der Waals surface area contributed by atoms with Crippen LogP contribution < -0.4 is 5.56 Å². The Bertz CT molecular complexity index is 833. The first-order chi connectivity index (χ1) is 10.5. The van der Waals surface area contributed by atoms with Crippen molar-refractivity contribution in [1.82, 2.24) is 10.0 Å². The van der Waals surface area contributed by atoms with Crippen molar-refractivity contribution in [3.8, 4) is 0 Å². The first kappa shape index (κ1) is 13.7. The molecule has 22 heavy (non-hydrogen) atoms. The summed E-state index contributed by atoms with van der Waals surface area (Å²) in [5.41, 5.74) is -0.219. The van der Waals surface area contributed by atoms with E-state index in [9.17, 15) is 19.2 Å². The molecule has 0 radical (unpaired) electrons. The number of aromatic nitrogens is 1. The van der Waals surface area contributed by atoms with Gasteiger partial charge in [-0.1, -0.05) is 17.2 Å². The van der Waals surface area contributed by atoms with E-state index in [1.165, 1.54) is 24.4 Å². The molecule has 7 heteroatoms. The molecule has 0 unspecified atom stereocenters. The largest absolute Gasteiger partial charge is 0.369 e. The average Bonchev–Trinajstić information content (AvgIpc) is 2.73. The number of hydrogen-bond acceptors (Lipinski definition) is 5. The quantitative estimate of drug-likeness (QED) is 0.836. The maximum atomic E-state index is 12.1. The van der Waals surface area contributed by atoms with Crippen LogP contribution in [0.15, 0.2) is 41.3 Å². The van der Waals surface area contributed by atoms with E-state index in [0.29, 0.717) is 10.6 Å². The number of imide groups is 1. The van der Waals surface area contributed by atoms with Gasteiger partial charge in [-0.2, -0.15) is 0 Å². The summed E-state index contributed by atoms with van der Waals surface area (Å²) in [6.45, 7) is 1.55. The highest BCUT2D eigenvalue weighted by atomic mass is 16.7. The number of H-pyrrole nitrogens is 1. The first-order valence-corrected chi connectivity index (χ1v) is 6.39. The van der Waals surface area contributed by atoms with Crippen LogP contribution in [0.1, 0.15) is 36.6 Å². The minimum Gasteiger partial charge on any atom is -0.328 e. The number of aryl methyl sites for hydroxylation is 1. The average molecular weight is 298 g/mol. The summed E-state index contributed by atoms with van der Waals surface area (Å²) in [6.07, 6.45) is 1.39. The Morgan fingerprint density at radius 1 is 1.05 bits per heavy atom. The van der Waals surface area contributed by atoms with Crippen LogP contribution in [0.5, 0.6) is 0 Å². The monoisotopic (exact) mass is 298 g/mol. The summed E-state index contributed by atoms with van der Waals surface area (Å²) in [6, 6.07) is 7.64. The molecule has 1 aromatic carbocycles. The second-order valence-corrected chi connectivity index (χ2v) is 4.69. The van der Waals surface area contributed by atoms with Crippen molar-refractivity contribution in [2.75, 3.05) is 0 Å². The maximum absolute atomic E-state index is 12.1. The minimum absolute atomic E-state index is 0.152. The molecule has 3 rings (SSSR count). The normalized spacial score (nSPS) is 13.2. The number of carbonyl (C=O) groups excluding carboxylic acids is 3. The molecule has 2 aromatic rings. The lowest BCUT2D eigenvalue weighted by molar-refractivity contribution is -0.0586. The molecule has 0 fully saturated rings. The molecule has 1 aliphatic heterocycles. The smallest absolute Gasteiger partial charge is 0.328 e. The second-order valence-electron chi connectivity index (χ2n) is 4.69. The van der Waals surface area contributed by atoms with Crippen LogP contribution in [0.25, 0.3) is 0 Å². The van der Waals surface area contributed by atoms with Crippen molar-refractivity contribution in [2.24, 2.45) is 0 Å². The first-order valence-electron chi connectivity index (χ1n) is 6.39. The van der Waals surface area contributed by atoms with Gasteiger partial charge in [-0.3, -0.25) is 14.4 Å². The van der Waals surface area contributed by atoms with Gasteiger partial charge in [-0.15, -0.1) is 0 Å². The van der Waals surface area contributed by atoms with Crippen molar-refractivity contribution in [2.45, 2.75) is 6.92 Å². The Kier molecular flexibility index (Phi) is 3.10. The summed E-state index contributed by atoms with van der Waals surface area (Å²) in [5, 5.41) is 0.374. The zero-order chi connectivity index (χ0) is 15.9. The van der Waals surface area contributed by atoms with Crippen LogP contribution in [0.4, 0.5) is 0 Å². The van der Waals surface area contributed by atoms with Crippen LogP contribution in [-0.2, 0) is 4.84 Å². The van der Waals surface area contributed by atoms with E-state index in [-0.39, 0.29) is 16.7 Å². The minimum atomic E-state index is -1.06. The number of nitrogens with zero attached hydrogens (tertiary/aromatic N) is 1. The molecule has 1 N–H and O–H groups in total. The number of fused-ring (bicyclic) bond motifs is 1. The predicted molar refractivity (Wildman–Crippen MR) is 74.2 cm³/mol. The highest BCUT2D eigenvalue weighted by Gasteiger charge is 2.39. The number of aromatic amines is 1. The zero-order valence-corrected chi connectivity index (χ0v) is 11.5. The Labute approximate surface area is 124 Å². The van der Waals surface area contributed by atoms with E-state index in [2.05, 4.69) is 4.98 Å².